The van der Waals surface area contributed by atoms with Gasteiger partial charge in [-0.3, -0.25) is 0 Å². The molecule has 1 aliphatic carbocycles. The molecule has 0 bridgehead atoms. The molecule has 1 nitrogen and oxygen atoms in total. The SMILES string of the molecule is Nc1ccc(CC2=CCCC=C2)cc1. The molecule has 0 saturated carbocycles. The summed E-state index contributed by atoms with van der Waals surface area (Å²) in [4.78, 5) is 0. The number of nitrogen functional groups attached to an aromatic ring is 1. The van der Waals surface area contributed by atoms with Gasteiger partial charge in [0, 0.05) is 5.69 Å². The van der Waals surface area contributed by atoms with E-state index >= 15 is 0 Å². The molecule has 0 radical (unpaired) electrons. The van der Waals surface area contributed by atoms with Crippen LogP contribution in [0.2, 0.25) is 0 Å². The summed E-state index contributed by atoms with van der Waals surface area (Å²) < 4.78 is 0. The summed E-state index contributed by atoms with van der Waals surface area (Å²) in [5, 5.41) is 0. The molecule has 0 heterocycles. The van der Waals surface area contributed by atoms with Crippen LogP contribution in [0.4, 0.5) is 5.69 Å². The van der Waals surface area contributed by atoms with Gasteiger partial charge >= 0.3 is 0 Å². The summed E-state index contributed by atoms with van der Waals surface area (Å²) in [5.41, 5.74) is 9.21. The molecule has 1 heteroatoms. The van der Waals surface area contributed by atoms with Crippen LogP contribution in [0.5, 0.6) is 0 Å². The molecule has 0 aliphatic heterocycles. The van der Waals surface area contributed by atoms with E-state index in [2.05, 4.69) is 30.4 Å². The summed E-state index contributed by atoms with van der Waals surface area (Å²) in [6.07, 6.45) is 10.2. The van der Waals surface area contributed by atoms with Crippen molar-refractivity contribution >= 4 is 5.69 Å². The molecule has 0 saturated heterocycles. The summed E-state index contributed by atoms with van der Waals surface area (Å²) in [7, 11) is 0. The third kappa shape index (κ3) is 2.25. The van der Waals surface area contributed by atoms with Gasteiger partial charge in [0.1, 0.15) is 0 Å². The van der Waals surface area contributed by atoms with Crippen molar-refractivity contribution in [3.8, 4) is 0 Å². The number of hydrogen-bond donors (Lipinski definition) is 1. The van der Waals surface area contributed by atoms with E-state index in [4.69, 9.17) is 5.73 Å². The van der Waals surface area contributed by atoms with Gasteiger partial charge < -0.3 is 5.73 Å². The average molecular weight is 185 g/mol. The number of rotatable bonds is 2. The first kappa shape index (κ1) is 9.07. The molecule has 1 aromatic carbocycles. The van der Waals surface area contributed by atoms with Crippen LogP contribution in [0.3, 0.4) is 0 Å². The molecule has 0 aromatic heterocycles. The normalized spacial score (nSPS) is 15.3. The third-order valence-corrected chi connectivity index (χ3v) is 2.46. The number of allylic oxidation sites excluding steroid dienone is 4. The van der Waals surface area contributed by atoms with Crippen molar-refractivity contribution in [1.29, 1.82) is 0 Å². The summed E-state index contributed by atoms with van der Waals surface area (Å²) in [5.74, 6) is 0. The van der Waals surface area contributed by atoms with Crippen molar-refractivity contribution in [3.63, 3.8) is 0 Å². The Morgan fingerprint density at radius 1 is 1.07 bits per heavy atom. The maximum absolute atomic E-state index is 5.63. The Labute approximate surface area is 84.9 Å². The van der Waals surface area contributed by atoms with Crippen LogP contribution in [0.25, 0.3) is 0 Å². The molecule has 0 amide bonds. The number of benzene rings is 1. The predicted molar refractivity (Wildman–Crippen MR) is 61.0 cm³/mol. The first-order chi connectivity index (χ1) is 6.84. The lowest BCUT2D eigenvalue weighted by Gasteiger charge is -2.06. The van der Waals surface area contributed by atoms with E-state index in [1.807, 2.05) is 12.1 Å². The maximum Gasteiger partial charge on any atom is 0.0314 e. The highest BCUT2D eigenvalue weighted by Gasteiger charge is 1.99. The largest absolute Gasteiger partial charge is 0.399 e. The second-order valence-corrected chi connectivity index (χ2v) is 3.68. The molecule has 0 unspecified atom stereocenters. The van der Waals surface area contributed by atoms with Crippen LogP contribution in [0, 0.1) is 0 Å². The Morgan fingerprint density at radius 2 is 1.86 bits per heavy atom. The minimum atomic E-state index is 0.835. The molecule has 0 spiro atoms. The number of anilines is 1. The number of hydrogen-bond acceptors (Lipinski definition) is 1. The summed E-state index contributed by atoms with van der Waals surface area (Å²) in [6.45, 7) is 0. The van der Waals surface area contributed by atoms with E-state index in [1.165, 1.54) is 24.0 Å². The van der Waals surface area contributed by atoms with E-state index in [9.17, 15) is 0 Å². The fourth-order valence-corrected chi connectivity index (χ4v) is 1.67. The van der Waals surface area contributed by atoms with E-state index in [0.29, 0.717) is 0 Å². The Kier molecular flexibility index (Phi) is 2.68. The van der Waals surface area contributed by atoms with Gasteiger partial charge in [-0.1, -0.05) is 30.4 Å². The zero-order valence-corrected chi connectivity index (χ0v) is 8.24. The fraction of sp³-hybridized carbons (Fsp3) is 0.231. The van der Waals surface area contributed by atoms with Gasteiger partial charge in [0.15, 0.2) is 0 Å². The zero-order valence-electron chi connectivity index (χ0n) is 8.24. The Balaban J connectivity index is 2.07. The lowest BCUT2D eigenvalue weighted by molar-refractivity contribution is 0.994. The Morgan fingerprint density at radius 3 is 2.50 bits per heavy atom. The lowest BCUT2D eigenvalue weighted by Crippen LogP contribution is -1.92. The van der Waals surface area contributed by atoms with Gasteiger partial charge in [-0.2, -0.15) is 0 Å². The molecule has 1 aliphatic rings. The van der Waals surface area contributed by atoms with Crippen LogP contribution in [-0.2, 0) is 6.42 Å². The summed E-state index contributed by atoms with van der Waals surface area (Å²) >= 11 is 0. The van der Waals surface area contributed by atoms with Gasteiger partial charge in [-0.05, 0) is 42.5 Å². The first-order valence-corrected chi connectivity index (χ1v) is 5.04. The van der Waals surface area contributed by atoms with Crippen molar-refractivity contribution in [3.05, 3.63) is 53.6 Å². The van der Waals surface area contributed by atoms with Crippen LogP contribution in [0.15, 0.2) is 48.1 Å². The smallest absolute Gasteiger partial charge is 0.0314 e. The fourth-order valence-electron chi connectivity index (χ4n) is 1.67. The Hall–Kier alpha value is -1.50. The molecular weight excluding hydrogens is 170 g/mol. The van der Waals surface area contributed by atoms with Crippen molar-refractivity contribution in [2.75, 3.05) is 5.73 Å². The summed E-state index contributed by atoms with van der Waals surface area (Å²) in [6, 6.07) is 8.11. The standard InChI is InChI=1S/C13H15N/c14-13-8-6-12(7-9-13)10-11-4-2-1-3-5-11/h2,4-9H,1,3,10,14H2. The molecule has 14 heavy (non-hydrogen) atoms. The number of nitrogens with two attached hydrogens (primary N) is 1. The van der Waals surface area contributed by atoms with E-state index in [1.54, 1.807) is 0 Å². The quantitative estimate of drug-likeness (QED) is 0.704. The molecule has 72 valence electrons. The molecule has 2 N–H and O–H groups in total. The maximum atomic E-state index is 5.63. The third-order valence-electron chi connectivity index (χ3n) is 2.46. The second kappa shape index (κ2) is 4.14. The van der Waals surface area contributed by atoms with Crippen molar-refractivity contribution in [1.82, 2.24) is 0 Å². The molecule has 1 aromatic rings. The molecule has 0 atom stereocenters. The lowest BCUT2D eigenvalue weighted by atomic mass is 10.00. The molecule has 2 rings (SSSR count). The van der Waals surface area contributed by atoms with Gasteiger partial charge in [0.25, 0.3) is 0 Å². The van der Waals surface area contributed by atoms with Crippen LogP contribution < -0.4 is 5.73 Å². The van der Waals surface area contributed by atoms with Gasteiger partial charge in [0.2, 0.25) is 0 Å². The van der Waals surface area contributed by atoms with Crippen LogP contribution >= 0.6 is 0 Å². The van der Waals surface area contributed by atoms with Crippen LogP contribution in [0.1, 0.15) is 18.4 Å². The highest BCUT2D eigenvalue weighted by molar-refractivity contribution is 5.41. The average Bonchev–Trinajstić information content (AvgIpc) is 2.23. The molecular formula is C13H15N. The topological polar surface area (TPSA) is 26.0 Å². The van der Waals surface area contributed by atoms with Gasteiger partial charge in [-0.15, -0.1) is 0 Å². The Bertz CT molecular complexity index is 357. The van der Waals surface area contributed by atoms with Crippen LogP contribution in [-0.4, -0.2) is 0 Å². The highest BCUT2D eigenvalue weighted by Crippen LogP contribution is 2.16. The minimum absolute atomic E-state index is 0.835. The first-order valence-electron chi connectivity index (χ1n) is 5.04. The van der Waals surface area contributed by atoms with Crippen molar-refractivity contribution in [2.45, 2.75) is 19.3 Å². The van der Waals surface area contributed by atoms with E-state index in [-0.39, 0.29) is 0 Å². The minimum Gasteiger partial charge on any atom is -0.399 e. The van der Waals surface area contributed by atoms with Gasteiger partial charge in [0.05, 0.1) is 0 Å². The zero-order chi connectivity index (χ0) is 9.80. The van der Waals surface area contributed by atoms with Crippen molar-refractivity contribution < 1.29 is 0 Å². The highest BCUT2D eigenvalue weighted by atomic mass is 14.5. The van der Waals surface area contributed by atoms with E-state index < -0.39 is 0 Å². The monoisotopic (exact) mass is 185 g/mol. The predicted octanol–water partition coefficient (Wildman–Crippen LogP) is 3.09. The van der Waals surface area contributed by atoms with E-state index in [0.717, 1.165) is 12.1 Å². The molecule has 0 fully saturated rings. The van der Waals surface area contributed by atoms with Gasteiger partial charge in [-0.25, -0.2) is 0 Å². The van der Waals surface area contributed by atoms with Crippen molar-refractivity contribution in [2.24, 2.45) is 0 Å². The second-order valence-electron chi connectivity index (χ2n) is 3.68.